The summed E-state index contributed by atoms with van der Waals surface area (Å²) >= 11 is 0. The third-order valence-electron chi connectivity index (χ3n) is 5.40. The zero-order valence-corrected chi connectivity index (χ0v) is 16.6. The summed E-state index contributed by atoms with van der Waals surface area (Å²) in [5, 5.41) is 2.67. The van der Waals surface area contributed by atoms with Crippen LogP contribution in [0.3, 0.4) is 0 Å². The van der Waals surface area contributed by atoms with Gasteiger partial charge in [0.05, 0.1) is 13.1 Å². The Morgan fingerprint density at radius 2 is 1.83 bits per heavy atom. The summed E-state index contributed by atoms with van der Waals surface area (Å²) in [5.41, 5.74) is 3.36. The number of cyclic esters (lactones) is 1. The number of anilines is 2. The molecule has 0 radical (unpaired) electrons. The second-order valence-corrected chi connectivity index (χ2v) is 7.55. The van der Waals surface area contributed by atoms with E-state index < -0.39 is 6.09 Å². The van der Waals surface area contributed by atoms with Gasteiger partial charge in [0.25, 0.3) is 0 Å². The molecule has 1 N–H and O–H groups in total. The maximum absolute atomic E-state index is 12.1. The lowest BCUT2D eigenvalue weighted by atomic mass is 10.1. The molecule has 2 aliphatic heterocycles. The van der Waals surface area contributed by atoms with Gasteiger partial charge in [-0.1, -0.05) is 12.1 Å². The van der Waals surface area contributed by atoms with Gasteiger partial charge in [0.2, 0.25) is 5.91 Å². The second kappa shape index (κ2) is 8.51. The molecule has 1 atom stereocenters. The number of hydrogen-bond acceptors (Lipinski definition) is 5. The minimum atomic E-state index is -0.438. The highest BCUT2D eigenvalue weighted by atomic mass is 16.6. The minimum Gasteiger partial charge on any atom is -0.442 e. The van der Waals surface area contributed by atoms with Crippen LogP contribution in [0.5, 0.6) is 0 Å². The Morgan fingerprint density at radius 3 is 2.48 bits per heavy atom. The van der Waals surface area contributed by atoms with E-state index in [0.717, 1.165) is 24.2 Å². The van der Waals surface area contributed by atoms with Gasteiger partial charge in [0, 0.05) is 37.5 Å². The molecule has 1 aromatic heterocycles. The van der Waals surface area contributed by atoms with Crippen LogP contribution >= 0.6 is 0 Å². The number of carbonyl (C=O) groups is 2. The van der Waals surface area contributed by atoms with Crippen LogP contribution in [0.15, 0.2) is 42.6 Å². The quantitative estimate of drug-likeness (QED) is 0.843. The molecule has 4 rings (SSSR count). The van der Waals surface area contributed by atoms with Crippen LogP contribution in [0.4, 0.5) is 16.3 Å². The van der Waals surface area contributed by atoms with Crippen molar-refractivity contribution in [1.29, 1.82) is 0 Å². The lowest BCUT2D eigenvalue weighted by Crippen LogP contribution is -2.33. The summed E-state index contributed by atoms with van der Waals surface area (Å²) in [6.45, 7) is 4.37. The first-order valence-corrected chi connectivity index (χ1v) is 10.1. The SMILES string of the molecule is CC(=O)NC[C@H]1CN(c2ccc(-c3ccc(N4CCCCC4)cc3)cn2)C(=O)O1. The molecule has 7 heteroatoms. The number of hydrogen-bond donors (Lipinski definition) is 1. The van der Waals surface area contributed by atoms with Crippen molar-refractivity contribution in [3.8, 4) is 11.1 Å². The van der Waals surface area contributed by atoms with Gasteiger partial charge in [-0.25, -0.2) is 9.78 Å². The summed E-state index contributed by atoms with van der Waals surface area (Å²) in [6.07, 6.45) is 4.82. The molecule has 152 valence electrons. The first-order valence-electron chi connectivity index (χ1n) is 10.1. The molecule has 1 aromatic carbocycles. The van der Waals surface area contributed by atoms with E-state index in [1.54, 1.807) is 6.20 Å². The highest BCUT2D eigenvalue weighted by Crippen LogP contribution is 2.27. The number of piperidine rings is 1. The molecule has 0 spiro atoms. The molecule has 2 amide bonds. The van der Waals surface area contributed by atoms with Crippen molar-refractivity contribution >= 4 is 23.5 Å². The van der Waals surface area contributed by atoms with E-state index in [-0.39, 0.29) is 12.0 Å². The van der Waals surface area contributed by atoms with Crippen molar-refractivity contribution in [3.05, 3.63) is 42.6 Å². The predicted molar refractivity (Wildman–Crippen MR) is 112 cm³/mol. The normalized spacial score (nSPS) is 19.2. The number of benzene rings is 1. The van der Waals surface area contributed by atoms with Gasteiger partial charge in [-0.05, 0) is 49.1 Å². The van der Waals surface area contributed by atoms with E-state index in [0.29, 0.717) is 18.9 Å². The monoisotopic (exact) mass is 394 g/mol. The largest absolute Gasteiger partial charge is 0.442 e. The van der Waals surface area contributed by atoms with Gasteiger partial charge in [0.15, 0.2) is 0 Å². The fourth-order valence-corrected chi connectivity index (χ4v) is 3.81. The molecule has 2 fully saturated rings. The molecular weight excluding hydrogens is 368 g/mol. The topological polar surface area (TPSA) is 74.8 Å². The van der Waals surface area contributed by atoms with E-state index in [2.05, 4.69) is 39.5 Å². The maximum atomic E-state index is 12.1. The zero-order valence-electron chi connectivity index (χ0n) is 16.6. The van der Waals surface area contributed by atoms with E-state index in [1.165, 1.54) is 36.8 Å². The Kier molecular flexibility index (Phi) is 5.64. The Labute approximate surface area is 170 Å². The Balaban J connectivity index is 1.41. The summed E-state index contributed by atoms with van der Waals surface area (Å²) in [7, 11) is 0. The molecular formula is C22H26N4O3. The summed E-state index contributed by atoms with van der Waals surface area (Å²) < 4.78 is 5.29. The van der Waals surface area contributed by atoms with Crippen molar-refractivity contribution in [2.24, 2.45) is 0 Å². The van der Waals surface area contributed by atoms with Gasteiger partial charge in [0.1, 0.15) is 11.9 Å². The highest BCUT2D eigenvalue weighted by Gasteiger charge is 2.33. The van der Waals surface area contributed by atoms with E-state index in [1.807, 2.05) is 12.1 Å². The third-order valence-corrected chi connectivity index (χ3v) is 5.40. The molecule has 0 saturated carbocycles. The minimum absolute atomic E-state index is 0.145. The number of nitrogens with zero attached hydrogens (tertiary/aromatic N) is 3. The van der Waals surface area contributed by atoms with Gasteiger partial charge in [-0.2, -0.15) is 0 Å². The number of ether oxygens (including phenoxy) is 1. The highest BCUT2D eigenvalue weighted by molar-refractivity contribution is 5.89. The average molecular weight is 394 g/mol. The number of aromatic nitrogens is 1. The van der Waals surface area contributed by atoms with Crippen molar-refractivity contribution in [3.63, 3.8) is 0 Å². The van der Waals surface area contributed by atoms with Crippen molar-refractivity contribution in [2.45, 2.75) is 32.3 Å². The third kappa shape index (κ3) is 4.50. The fraction of sp³-hybridized carbons (Fsp3) is 0.409. The van der Waals surface area contributed by atoms with Crippen molar-refractivity contribution in [1.82, 2.24) is 10.3 Å². The predicted octanol–water partition coefficient (Wildman–Crippen LogP) is 3.20. The second-order valence-electron chi connectivity index (χ2n) is 7.55. The molecule has 2 aromatic rings. The number of rotatable bonds is 5. The fourth-order valence-electron chi connectivity index (χ4n) is 3.81. The molecule has 2 saturated heterocycles. The Hall–Kier alpha value is -3.09. The van der Waals surface area contributed by atoms with E-state index in [9.17, 15) is 9.59 Å². The van der Waals surface area contributed by atoms with Crippen LogP contribution in [-0.4, -0.2) is 49.3 Å². The van der Waals surface area contributed by atoms with E-state index in [4.69, 9.17) is 4.74 Å². The van der Waals surface area contributed by atoms with Crippen LogP contribution in [0.2, 0.25) is 0 Å². The van der Waals surface area contributed by atoms with Crippen LogP contribution in [0, 0.1) is 0 Å². The summed E-state index contributed by atoms with van der Waals surface area (Å²) in [5.74, 6) is 0.405. The Morgan fingerprint density at radius 1 is 1.10 bits per heavy atom. The molecule has 0 aliphatic carbocycles. The van der Waals surface area contributed by atoms with Gasteiger partial charge in [-0.3, -0.25) is 9.69 Å². The standard InChI is InChI=1S/C22H26N4O3/c1-16(27)23-14-20-15-26(22(28)29-20)21-10-7-18(13-24-21)17-5-8-19(9-6-17)25-11-3-2-4-12-25/h5-10,13,20H,2-4,11-12,14-15H2,1H3,(H,23,27)/t20-/m0/s1. The molecule has 0 unspecified atom stereocenters. The lowest BCUT2D eigenvalue weighted by molar-refractivity contribution is -0.119. The molecule has 29 heavy (non-hydrogen) atoms. The van der Waals surface area contributed by atoms with Crippen LogP contribution < -0.4 is 15.1 Å². The number of carbonyl (C=O) groups excluding carboxylic acids is 2. The molecule has 0 bridgehead atoms. The average Bonchev–Trinajstić information content (AvgIpc) is 3.14. The van der Waals surface area contributed by atoms with Crippen molar-refractivity contribution in [2.75, 3.05) is 36.0 Å². The van der Waals surface area contributed by atoms with Crippen LogP contribution in [0.1, 0.15) is 26.2 Å². The van der Waals surface area contributed by atoms with Crippen LogP contribution in [-0.2, 0) is 9.53 Å². The molecule has 3 heterocycles. The Bertz CT molecular complexity index is 861. The first kappa shape index (κ1) is 19.2. The first-order chi connectivity index (χ1) is 14.1. The maximum Gasteiger partial charge on any atom is 0.416 e. The molecule has 2 aliphatic rings. The van der Waals surface area contributed by atoms with Gasteiger partial charge >= 0.3 is 6.09 Å². The van der Waals surface area contributed by atoms with Gasteiger partial charge in [-0.15, -0.1) is 0 Å². The number of pyridine rings is 1. The molecule has 7 nitrogen and oxygen atoms in total. The number of amides is 2. The van der Waals surface area contributed by atoms with Crippen molar-refractivity contribution < 1.29 is 14.3 Å². The summed E-state index contributed by atoms with van der Waals surface area (Å²) in [6, 6.07) is 12.4. The van der Waals surface area contributed by atoms with Crippen LogP contribution in [0.25, 0.3) is 11.1 Å². The lowest BCUT2D eigenvalue weighted by Gasteiger charge is -2.28. The smallest absolute Gasteiger partial charge is 0.416 e. The number of nitrogens with one attached hydrogen (secondary N) is 1. The van der Waals surface area contributed by atoms with Gasteiger partial charge < -0.3 is 15.0 Å². The summed E-state index contributed by atoms with van der Waals surface area (Å²) in [4.78, 5) is 31.5. The zero-order chi connectivity index (χ0) is 20.2. The van der Waals surface area contributed by atoms with E-state index >= 15 is 0 Å².